The Morgan fingerprint density at radius 1 is 0.778 bits per heavy atom. The minimum absolute atomic E-state index is 0.0157. The van der Waals surface area contributed by atoms with E-state index in [0.717, 1.165) is 0 Å². The van der Waals surface area contributed by atoms with E-state index in [4.69, 9.17) is 9.47 Å². The fourth-order valence-corrected chi connectivity index (χ4v) is 2.31. The molecule has 0 saturated heterocycles. The normalized spacial score (nSPS) is 11.0. The molecule has 140 valence electrons. The molecule has 6 heteroatoms. The number of ketones is 2. The van der Waals surface area contributed by atoms with Gasteiger partial charge in [-0.1, -0.05) is 12.2 Å². The Balaban J connectivity index is 1.98. The Bertz CT molecular complexity index is 822. The highest BCUT2D eigenvalue weighted by Gasteiger charge is 2.05. The average molecular weight is 368 g/mol. The van der Waals surface area contributed by atoms with Crippen LogP contribution < -0.4 is 9.47 Å². The Labute approximate surface area is 157 Å². The fourth-order valence-electron chi connectivity index (χ4n) is 2.31. The predicted molar refractivity (Wildman–Crippen MR) is 102 cm³/mol. The number of phenolic OH excluding ortho intramolecular Hbond substituents is 2. The highest BCUT2D eigenvalue weighted by atomic mass is 16.5. The first-order valence-corrected chi connectivity index (χ1v) is 8.07. The van der Waals surface area contributed by atoms with Crippen molar-refractivity contribution in [2.24, 2.45) is 0 Å². The van der Waals surface area contributed by atoms with Crippen molar-refractivity contribution < 1.29 is 29.3 Å². The van der Waals surface area contributed by atoms with Gasteiger partial charge in [-0.3, -0.25) is 9.59 Å². The number of phenols is 2. The lowest BCUT2D eigenvalue weighted by Crippen LogP contribution is -2.01. The lowest BCUT2D eigenvalue weighted by molar-refractivity contribution is -0.121. The van der Waals surface area contributed by atoms with Gasteiger partial charge < -0.3 is 19.7 Å². The Morgan fingerprint density at radius 3 is 1.56 bits per heavy atom. The molecule has 0 unspecified atom stereocenters. The molecule has 0 aromatic heterocycles. The number of benzene rings is 2. The van der Waals surface area contributed by atoms with E-state index in [0.29, 0.717) is 22.6 Å². The van der Waals surface area contributed by atoms with E-state index in [1.165, 1.54) is 62.8 Å². The van der Waals surface area contributed by atoms with Crippen molar-refractivity contribution in [1.29, 1.82) is 0 Å². The lowest BCUT2D eigenvalue weighted by atomic mass is 10.1. The van der Waals surface area contributed by atoms with E-state index in [1.807, 2.05) is 0 Å². The molecule has 0 spiro atoms. The number of ether oxygens (including phenoxy) is 2. The van der Waals surface area contributed by atoms with Crippen LogP contribution in [-0.4, -0.2) is 36.0 Å². The summed E-state index contributed by atoms with van der Waals surface area (Å²) >= 11 is 0. The van der Waals surface area contributed by atoms with Gasteiger partial charge in [0.05, 0.1) is 20.6 Å². The first-order chi connectivity index (χ1) is 12.9. The summed E-state index contributed by atoms with van der Waals surface area (Å²) in [6.45, 7) is 0. The van der Waals surface area contributed by atoms with E-state index < -0.39 is 0 Å². The van der Waals surface area contributed by atoms with Crippen LogP contribution in [0.1, 0.15) is 17.5 Å². The van der Waals surface area contributed by atoms with Gasteiger partial charge in [-0.25, -0.2) is 0 Å². The summed E-state index contributed by atoms with van der Waals surface area (Å²) in [5.74, 6) is 0.204. The van der Waals surface area contributed by atoms with Crippen molar-refractivity contribution in [3.05, 3.63) is 59.7 Å². The Morgan fingerprint density at radius 2 is 1.19 bits per heavy atom. The topological polar surface area (TPSA) is 93.1 Å². The second-order valence-corrected chi connectivity index (χ2v) is 5.70. The van der Waals surface area contributed by atoms with Crippen LogP contribution in [0.3, 0.4) is 0 Å². The summed E-state index contributed by atoms with van der Waals surface area (Å²) in [6.07, 6.45) is 5.26. The number of carbonyl (C=O) groups excluding carboxylic acids is 2. The van der Waals surface area contributed by atoms with Crippen molar-refractivity contribution >= 4 is 23.7 Å². The second-order valence-electron chi connectivity index (χ2n) is 5.70. The molecular formula is C21H20O6. The van der Waals surface area contributed by atoms with Gasteiger partial charge in [0, 0.05) is 12.1 Å². The van der Waals surface area contributed by atoms with Crippen molar-refractivity contribution in [3.63, 3.8) is 0 Å². The summed E-state index contributed by atoms with van der Waals surface area (Å²) in [7, 11) is 2.95. The number of hydrogen-bond donors (Lipinski definition) is 2. The molecule has 0 aliphatic carbocycles. The molecule has 0 heterocycles. The maximum atomic E-state index is 11.9. The molecule has 0 aliphatic heterocycles. The maximum Gasteiger partial charge on any atom is 0.163 e. The zero-order chi connectivity index (χ0) is 19.8. The van der Waals surface area contributed by atoms with Crippen LogP contribution in [0.25, 0.3) is 12.2 Å². The predicted octanol–water partition coefficient (Wildman–Crippen LogP) is 3.37. The van der Waals surface area contributed by atoms with Crippen LogP contribution in [0.5, 0.6) is 23.0 Å². The van der Waals surface area contributed by atoms with Gasteiger partial charge in [0.25, 0.3) is 0 Å². The van der Waals surface area contributed by atoms with Crippen LogP contribution in [-0.2, 0) is 9.59 Å². The van der Waals surface area contributed by atoms with E-state index in [1.54, 1.807) is 12.1 Å². The summed E-state index contributed by atoms with van der Waals surface area (Å²) < 4.78 is 10.1. The highest BCUT2D eigenvalue weighted by molar-refractivity contribution is 6.10. The Hall–Kier alpha value is -3.54. The number of methoxy groups -OCH3 is 2. The third-order valence-electron chi connectivity index (χ3n) is 3.57. The largest absolute Gasteiger partial charge is 0.508 e. The number of aromatic hydroxyl groups is 2. The SMILES string of the molecule is COc1cc(O)cc(/C=C/C(=O)CC(=O)/C=C/c2cc(O)cc(OC)c2)c1. The minimum atomic E-state index is -0.375. The molecule has 0 radical (unpaired) electrons. The van der Waals surface area contributed by atoms with Gasteiger partial charge in [0.15, 0.2) is 11.6 Å². The van der Waals surface area contributed by atoms with E-state index in [2.05, 4.69) is 0 Å². The molecular weight excluding hydrogens is 348 g/mol. The zero-order valence-corrected chi connectivity index (χ0v) is 15.0. The molecule has 2 rings (SSSR count). The van der Waals surface area contributed by atoms with Crippen molar-refractivity contribution in [2.45, 2.75) is 6.42 Å². The number of rotatable bonds is 8. The third-order valence-corrected chi connectivity index (χ3v) is 3.57. The molecule has 6 nitrogen and oxygen atoms in total. The van der Waals surface area contributed by atoms with Gasteiger partial charge in [-0.2, -0.15) is 0 Å². The summed E-state index contributed by atoms with van der Waals surface area (Å²) in [4.78, 5) is 23.9. The van der Waals surface area contributed by atoms with Crippen LogP contribution in [0.15, 0.2) is 48.6 Å². The van der Waals surface area contributed by atoms with E-state index in [-0.39, 0.29) is 29.5 Å². The fraction of sp³-hybridized carbons (Fsp3) is 0.143. The van der Waals surface area contributed by atoms with Crippen molar-refractivity contribution in [1.82, 2.24) is 0 Å². The molecule has 0 aliphatic rings. The minimum Gasteiger partial charge on any atom is -0.508 e. The summed E-state index contributed by atoms with van der Waals surface area (Å²) in [5, 5.41) is 19.2. The Kier molecular flexibility index (Phi) is 6.77. The van der Waals surface area contributed by atoms with Crippen LogP contribution in [0.4, 0.5) is 0 Å². The molecule has 2 N–H and O–H groups in total. The van der Waals surface area contributed by atoms with E-state index >= 15 is 0 Å². The molecule has 2 aromatic rings. The molecule has 0 atom stereocenters. The first-order valence-electron chi connectivity index (χ1n) is 8.07. The average Bonchev–Trinajstić information content (AvgIpc) is 2.63. The maximum absolute atomic E-state index is 11.9. The first kappa shape index (κ1) is 19.8. The van der Waals surface area contributed by atoms with Gasteiger partial charge in [-0.05, 0) is 47.5 Å². The zero-order valence-electron chi connectivity index (χ0n) is 15.0. The monoisotopic (exact) mass is 368 g/mol. The smallest absolute Gasteiger partial charge is 0.163 e. The van der Waals surface area contributed by atoms with E-state index in [9.17, 15) is 19.8 Å². The molecule has 0 amide bonds. The van der Waals surface area contributed by atoms with Crippen LogP contribution >= 0.6 is 0 Å². The van der Waals surface area contributed by atoms with Crippen molar-refractivity contribution in [3.8, 4) is 23.0 Å². The quantitative estimate of drug-likeness (QED) is 0.548. The van der Waals surface area contributed by atoms with Crippen LogP contribution in [0, 0.1) is 0 Å². The second kappa shape index (κ2) is 9.24. The summed E-state index contributed by atoms with van der Waals surface area (Å²) in [6, 6.07) is 9.15. The highest BCUT2D eigenvalue weighted by Crippen LogP contribution is 2.23. The van der Waals surface area contributed by atoms with Gasteiger partial charge in [-0.15, -0.1) is 0 Å². The number of allylic oxidation sites excluding steroid dienone is 2. The molecule has 0 fully saturated rings. The third kappa shape index (κ3) is 6.36. The molecule has 0 bridgehead atoms. The summed E-state index contributed by atoms with van der Waals surface area (Å²) in [5.41, 5.74) is 1.16. The van der Waals surface area contributed by atoms with Gasteiger partial charge >= 0.3 is 0 Å². The number of hydrogen-bond acceptors (Lipinski definition) is 6. The molecule has 27 heavy (non-hydrogen) atoms. The standard InChI is InChI=1S/C21H20O6/c1-26-20-9-14(7-18(24)12-20)3-5-16(22)11-17(23)6-4-15-8-19(25)13-21(10-15)27-2/h3-10,12-13,24-25H,11H2,1-2H3/b5-3+,6-4+. The van der Waals surface area contributed by atoms with Gasteiger partial charge in [0.1, 0.15) is 23.0 Å². The van der Waals surface area contributed by atoms with Crippen molar-refractivity contribution in [2.75, 3.05) is 14.2 Å². The van der Waals surface area contributed by atoms with Crippen LogP contribution in [0.2, 0.25) is 0 Å². The van der Waals surface area contributed by atoms with Gasteiger partial charge in [0.2, 0.25) is 0 Å². The lowest BCUT2D eigenvalue weighted by Gasteiger charge is -2.02. The molecule has 2 aromatic carbocycles. The number of carbonyl (C=O) groups is 2. The molecule has 0 saturated carbocycles.